The van der Waals surface area contributed by atoms with Gasteiger partial charge in [0.1, 0.15) is 0 Å². The molecule has 0 aliphatic heterocycles. The van der Waals surface area contributed by atoms with Gasteiger partial charge in [0.15, 0.2) is 16.8 Å². The molecule has 6 heteroatoms. The molecular formula is C22H26N4OS. The fourth-order valence-corrected chi connectivity index (χ4v) is 3.80. The first-order valence-electron chi connectivity index (χ1n) is 9.23. The molecule has 0 bridgehead atoms. The number of Topliss-reactive ketones (excluding diaryl/α,β-unsaturated/α-hetero) is 1. The Morgan fingerprint density at radius 2 is 1.89 bits per heavy atom. The quantitative estimate of drug-likeness (QED) is 0.330. The molecule has 28 heavy (non-hydrogen) atoms. The summed E-state index contributed by atoms with van der Waals surface area (Å²) < 4.78 is 3.83. The van der Waals surface area contributed by atoms with Crippen molar-refractivity contribution in [2.45, 2.75) is 37.9 Å². The number of hydrogen-bond acceptors (Lipinski definition) is 4. The minimum Gasteiger partial charge on any atom is -0.348 e. The summed E-state index contributed by atoms with van der Waals surface area (Å²) >= 11 is 1.40. The van der Waals surface area contributed by atoms with Gasteiger partial charge in [0.05, 0.1) is 11.4 Å². The maximum atomic E-state index is 12.5. The molecule has 0 fully saturated rings. The normalized spacial score (nSPS) is 11.6. The Morgan fingerprint density at radius 3 is 2.46 bits per heavy atom. The summed E-state index contributed by atoms with van der Waals surface area (Å²) in [5.74, 6) is 1.17. The Morgan fingerprint density at radius 1 is 1.18 bits per heavy atom. The first kappa shape index (κ1) is 20.1. The molecule has 0 N–H and O–H groups in total. The van der Waals surface area contributed by atoms with Crippen molar-refractivity contribution in [1.82, 2.24) is 19.3 Å². The van der Waals surface area contributed by atoms with Gasteiger partial charge in [-0.3, -0.25) is 9.36 Å². The lowest BCUT2D eigenvalue weighted by atomic mass is 9.87. The van der Waals surface area contributed by atoms with Crippen LogP contribution < -0.4 is 0 Å². The molecule has 5 nitrogen and oxygen atoms in total. The number of carbonyl (C=O) groups is 1. The second-order valence-electron chi connectivity index (χ2n) is 7.75. The third kappa shape index (κ3) is 4.28. The van der Waals surface area contributed by atoms with E-state index >= 15 is 0 Å². The molecule has 0 amide bonds. The zero-order valence-corrected chi connectivity index (χ0v) is 17.7. The van der Waals surface area contributed by atoms with Crippen molar-refractivity contribution in [3.63, 3.8) is 0 Å². The maximum absolute atomic E-state index is 12.5. The molecule has 0 aliphatic rings. The lowest BCUT2D eigenvalue weighted by Crippen LogP contribution is -2.10. The van der Waals surface area contributed by atoms with Gasteiger partial charge in [0.2, 0.25) is 0 Å². The van der Waals surface area contributed by atoms with Crippen LogP contribution in [0.2, 0.25) is 0 Å². The molecule has 0 unspecified atom stereocenters. The molecular weight excluding hydrogens is 368 g/mol. The topological polar surface area (TPSA) is 52.7 Å². The van der Waals surface area contributed by atoms with E-state index in [1.54, 1.807) is 0 Å². The molecule has 0 radical (unpaired) electrons. The van der Waals surface area contributed by atoms with Crippen molar-refractivity contribution in [1.29, 1.82) is 0 Å². The van der Waals surface area contributed by atoms with Crippen LogP contribution in [0.3, 0.4) is 0 Å². The molecule has 2 heterocycles. The Kier molecular flexibility index (Phi) is 5.89. The van der Waals surface area contributed by atoms with Crippen LogP contribution in [-0.2, 0) is 19.0 Å². The van der Waals surface area contributed by atoms with Gasteiger partial charge in [-0.1, -0.05) is 62.9 Å². The number of carbonyl (C=O) groups excluding carboxylic acids is 1. The van der Waals surface area contributed by atoms with E-state index in [-0.39, 0.29) is 11.2 Å². The fourth-order valence-electron chi connectivity index (χ4n) is 2.98. The van der Waals surface area contributed by atoms with Gasteiger partial charge < -0.3 is 4.57 Å². The van der Waals surface area contributed by atoms with Gasteiger partial charge in [-0.2, -0.15) is 0 Å². The van der Waals surface area contributed by atoms with Gasteiger partial charge in [0.25, 0.3) is 0 Å². The summed E-state index contributed by atoms with van der Waals surface area (Å²) in [7, 11) is 1.87. The maximum Gasteiger partial charge on any atom is 0.192 e. The standard InChI is InChI=1S/C22H26N4OS/c1-6-13-26-20(16-9-11-17(12-10-16)22(2,3)4)23-24-21(26)28-15-19(27)18-8-7-14-25(18)5/h6-12,14H,1,13,15H2,2-5H3. The van der Waals surface area contributed by atoms with Gasteiger partial charge in [-0.25, -0.2) is 0 Å². The predicted molar refractivity (Wildman–Crippen MR) is 115 cm³/mol. The van der Waals surface area contributed by atoms with Crippen LogP contribution in [0.25, 0.3) is 11.4 Å². The molecule has 3 rings (SSSR count). The van der Waals surface area contributed by atoms with E-state index in [4.69, 9.17) is 0 Å². The van der Waals surface area contributed by atoms with Crippen LogP contribution in [0, 0.1) is 0 Å². The highest BCUT2D eigenvalue weighted by atomic mass is 32.2. The highest BCUT2D eigenvalue weighted by molar-refractivity contribution is 7.99. The zero-order chi connectivity index (χ0) is 20.3. The SMILES string of the molecule is C=CCn1c(SCC(=O)c2cccn2C)nnc1-c1ccc(C(C)(C)C)cc1. The van der Waals surface area contributed by atoms with Crippen LogP contribution in [0.15, 0.2) is 60.4 Å². The first-order valence-corrected chi connectivity index (χ1v) is 10.2. The van der Waals surface area contributed by atoms with Crippen LogP contribution in [0.5, 0.6) is 0 Å². The average Bonchev–Trinajstić information content (AvgIpc) is 3.26. The molecule has 0 aliphatic carbocycles. The second kappa shape index (κ2) is 8.19. The van der Waals surface area contributed by atoms with Gasteiger partial charge in [-0.15, -0.1) is 16.8 Å². The lowest BCUT2D eigenvalue weighted by Gasteiger charge is -2.19. The number of ketones is 1. The van der Waals surface area contributed by atoms with Crippen molar-refractivity contribution in [3.05, 3.63) is 66.5 Å². The van der Waals surface area contributed by atoms with Gasteiger partial charge in [-0.05, 0) is 23.1 Å². The van der Waals surface area contributed by atoms with Gasteiger partial charge >= 0.3 is 0 Å². The summed E-state index contributed by atoms with van der Waals surface area (Å²) in [6, 6.07) is 12.1. The third-order valence-corrected chi connectivity index (χ3v) is 5.57. The van der Waals surface area contributed by atoms with Crippen LogP contribution in [-0.4, -0.2) is 30.9 Å². The van der Waals surface area contributed by atoms with Crippen molar-refractivity contribution in [2.24, 2.45) is 7.05 Å². The number of thioether (sulfide) groups is 1. The van der Waals surface area contributed by atoms with Crippen molar-refractivity contribution in [2.75, 3.05) is 5.75 Å². The minimum absolute atomic E-state index is 0.0710. The highest BCUT2D eigenvalue weighted by Gasteiger charge is 2.18. The molecule has 146 valence electrons. The predicted octanol–water partition coefficient (Wildman–Crippen LogP) is 4.74. The van der Waals surface area contributed by atoms with E-state index in [1.807, 2.05) is 40.6 Å². The van der Waals surface area contributed by atoms with E-state index < -0.39 is 0 Å². The van der Waals surface area contributed by atoms with Crippen molar-refractivity contribution in [3.8, 4) is 11.4 Å². The van der Waals surface area contributed by atoms with Crippen LogP contribution >= 0.6 is 11.8 Å². The Labute approximate surface area is 170 Å². The van der Waals surface area contributed by atoms with Crippen molar-refractivity contribution < 1.29 is 4.79 Å². The second-order valence-corrected chi connectivity index (χ2v) is 8.69. The highest BCUT2D eigenvalue weighted by Crippen LogP contribution is 2.28. The van der Waals surface area contributed by atoms with E-state index in [2.05, 4.69) is 61.8 Å². The molecule has 3 aromatic rings. The summed E-state index contributed by atoms with van der Waals surface area (Å²) in [5, 5.41) is 9.43. The molecule has 2 aromatic heterocycles. The number of benzene rings is 1. The molecule has 0 saturated carbocycles. The minimum atomic E-state index is 0.0710. The Hall–Kier alpha value is -2.60. The summed E-state index contributed by atoms with van der Waals surface area (Å²) in [6.45, 7) is 11.0. The van der Waals surface area contributed by atoms with Crippen LogP contribution in [0.4, 0.5) is 0 Å². The number of aromatic nitrogens is 4. The molecule has 0 spiro atoms. The number of rotatable bonds is 7. The summed E-state index contributed by atoms with van der Waals surface area (Å²) in [5.41, 5.74) is 3.07. The van der Waals surface area contributed by atoms with E-state index in [0.717, 1.165) is 16.5 Å². The third-order valence-electron chi connectivity index (χ3n) is 4.60. The molecule has 0 atom stereocenters. The number of aryl methyl sites for hydroxylation is 1. The fraction of sp³-hybridized carbons (Fsp3) is 0.318. The van der Waals surface area contributed by atoms with Crippen molar-refractivity contribution >= 4 is 17.5 Å². The first-order chi connectivity index (χ1) is 13.3. The van der Waals surface area contributed by atoms with E-state index in [1.165, 1.54) is 17.3 Å². The molecule has 0 saturated heterocycles. The van der Waals surface area contributed by atoms with Gasteiger partial charge in [0, 0.05) is 25.4 Å². The monoisotopic (exact) mass is 394 g/mol. The summed E-state index contributed by atoms with van der Waals surface area (Å²) in [4.78, 5) is 12.5. The number of hydrogen-bond donors (Lipinski definition) is 0. The zero-order valence-electron chi connectivity index (χ0n) is 16.8. The van der Waals surface area contributed by atoms with E-state index in [0.29, 0.717) is 18.0 Å². The number of nitrogens with zero attached hydrogens (tertiary/aromatic N) is 4. The summed E-state index contributed by atoms with van der Waals surface area (Å²) in [6.07, 6.45) is 3.69. The van der Waals surface area contributed by atoms with Crippen LogP contribution in [0.1, 0.15) is 36.8 Å². The average molecular weight is 395 g/mol. The largest absolute Gasteiger partial charge is 0.348 e. The Bertz CT molecular complexity index is 977. The lowest BCUT2D eigenvalue weighted by molar-refractivity contribution is 0.101. The molecule has 1 aromatic carbocycles. The van der Waals surface area contributed by atoms with E-state index in [9.17, 15) is 4.79 Å². The smallest absolute Gasteiger partial charge is 0.192 e. The Balaban J connectivity index is 1.82. The number of allylic oxidation sites excluding steroid dienone is 1.